The number of nitrogens with two attached hydrogens (primary N) is 1. The smallest absolute Gasteiger partial charge is 0.384 e. The van der Waals surface area contributed by atoms with Crippen LogP contribution in [0.3, 0.4) is 0 Å². The standard InChI is InChI=1S/C29H22F3N5OS/c30-29(31,32)19-6-1-3-8-21(19)37-23-10-5-11-24(38)27(23)26(18(13-33)28(37)34)25-12-17(15-39-25)14-36-16-35-20-7-2-4-9-22(20)36/h1-4,6-9,12,15-16,26H,5,10-11,14,34H2/t26-/m0/s1. The van der Waals surface area contributed by atoms with Gasteiger partial charge < -0.3 is 10.3 Å². The third kappa shape index (κ3) is 4.19. The van der Waals surface area contributed by atoms with Gasteiger partial charge in [-0.3, -0.25) is 9.69 Å². The number of carbonyl (C=O) groups is 1. The number of alkyl halides is 3. The van der Waals surface area contributed by atoms with Crippen LogP contribution in [-0.2, 0) is 17.5 Å². The topological polar surface area (TPSA) is 87.9 Å². The highest BCUT2D eigenvalue weighted by Gasteiger charge is 2.43. The van der Waals surface area contributed by atoms with Crippen LogP contribution in [0.1, 0.15) is 41.2 Å². The largest absolute Gasteiger partial charge is 0.418 e. The molecule has 1 aliphatic carbocycles. The summed E-state index contributed by atoms with van der Waals surface area (Å²) in [7, 11) is 0. The number of Topliss-reactive ketones (excluding diaryl/α,β-unsaturated/α-hetero) is 1. The Balaban J connectivity index is 1.46. The Morgan fingerprint density at radius 3 is 2.69 bits per heavy atom. The summed E-state index contributed by atoms with van der Waals surface area (Å²) in [5.41, 5.74) is 9.12. The molecule has 2 aromatic carbocycles. The van der Waals surface area contributed by atoms with Gasteiger partial charge in [-0.25, -0.2) is 4.98 Å². The average molecular weight is 546 g/mol. The number of aromatic nitrogens is 2. The van der Waals surface area contributed by atoms with Gasteiger partial charge >= 0.3 is 6.18 Å². The van der Waals surface area contributed by atoms with Gasteiger partial charge in [0.1, 0.15) is 5.82 Å². The van der Waals surface area contributed by atoms with Crippen molar-refractivity contribution in [2.24, 2.45) is 5.73 Å². The highest BCUT2D eigenvalue weighted by atomic mass is 32.1. The summed E-state index contributed by atoms with van der Waals surface area (Å²) in [5.74, 6) is -0.986. The molecule has 1 aliphatic heterocycles. The predicted molar refractivity (Wildman–Crippen MR) is 143 cm³/mol. The number of hydrogen-bond donors (Lipinski definition) is 1. The minimum Gasteiger partial charge on any atom is -0.384 e. The minimum absolute atomic E-state index is 0.0717. The van der Waals surface area contributed by atoms with Crippen molar-refractivity contribution in [3.8, 4) is 6.07 Å². The van der Waals surface area contributed by atoms with Crippen LogP contribution in [0.2, 0.25) is 0 Å². The van der Waals surface area contributed by atoms with Gasteiger partial charge in [-0.1, -0.05) is 24.3 Å². The van der Waals surface area contributed by atoms with E-state index in [1.165, 1.54) is 34.4 Å². The monoisotopic (exact) mass is 545 g/mol. The van der Waals surface area contributed by atoms with Gasteiger partial charge in [0.25, 0.3) is 0 Å². The molecule has 0 fully saturated rings. The molecule has 0 radical (unpaired) electrons. The molecule has 4 aromatic rings. The van der Waals surface area contributed by atoms with Crippen LogP contribution in [-0.4, -0.2) is 15.3 Å². The van der Waals surface area contributed by atoms with E-state index in [9.17, 15) is 23.2 Å². The summed E-state index contributed by atoms with van der Waals surface area (Å²) in [5, 5.41) is 12.2. The van der Waals surface area contributed by atoms with Crippen molar-refractivity contribution in [3.63, 3.8) is 0 Å². The summed E-state index contributed by atoms with van der Waals surface area (Å²) in [6, 6.07) is 17.0. The van der Waals surface area contributed by atoms with Gasteiger partial charge in [0.05, 0.1) is 46.2 Å². The zero-order chi connectivity index (χ0) is 27.3. The van der Waals surface area contributed by atoms with Crippen molar-refractivity contribution in [1.82, 2.24) is 9.55 Å². The average Bonchev–Trinajstić information content (AvgIpc) is 3.55. The molecule has 2 aliphatic rings. The van der Waals surface area contributed by atoms with Crippen LogP contribution < -0.4 is 10.6 Å². The van der Waals surface area contributed by atoms with Gasteiger partial charge in [0.15, 0.2) is 5.78 Å². The fourth-order valence-corrected chi connectivity index (χ4v) is 6.54. The molecule has 0 spiro atoms. The lowest BCUT2D eigenvalue weighted by atomic mass is 9.78. The quantitative estimate of drug-likeness (QED) is 0.318. The van der Waals surface area contributed by atoms with Crippen LogP contribution >= 0.6 is 11.3 Å². The first-order valence-corrected chi connectivity index (χ1v) is 13.3. The Morgan fingerprint density at radius 1 is 1.13 bits per heavy atom. The molecule has 6 nitrogen and oxygen atoms in total. The number of halogens is 3. The molecule has 196 valence electrons. The molecule has 1 atom stereocenters. The second-order valence-corrected chi connectivity index (χ2v) is 10.5. The first-order chi connectivity index (χ1) is 18.8. The maximum atomic E-state index is 14.0. The van der Waals surface area contributed by atoms with Crippen LogP contribution in [0.5, 0.6) is 0 Å². The number of rotatable bonds is 4. The van der Waals surface area contributed by atoms with Crippen LogP contribution in [0.15, 0.2) is 89.0 Å². The Kier molecular flexibility index (Phi) is 6.03. The number of hydrogen-bond acceptors (Lipinski definition) is 6. The lowest BCUT2D eigenvalue weighted by molar-refractivity contribution is -0.137. The van der Waals surface area contributed by atoms with E-state index in [4.69, 9.17) is 5.73 Å². The lowest BCUT2D eigenvalue weighted by Crippen LogP contribution is -2.39. The predicted octanol–water partition coefficient (Wildman–Crippen LogP) is 6.47. The maximum Gasteiger partial charge on any atom is 0.418 e. The molecule has 10 heteroatoms. The molecule has 6 rings (SSSR count). The van der Waals surface area contributed by atoms with Crippen LogP contribution in [0.25, 0.3) is 11.0 Å². The van der Waals surface area contributed by atoms with Crippen molar-refractivity contribution < 1.29 is 18.0 Å². The minimum atomic E-state index is -4.64. The summed E-state index contributed by atoms with van der Waals surface area (Å²) >= 11 is 1.41. The fourth-order valence-electron chi connectivity index (χ4n) is 5.52. The molecular formula is C29H22F3N5OS. The number of ketones is 1. The second kappa shape index (κ2) is 9.43. The molecule has 39 heavy (non-hydrogen) atoms. The molecular weight excluding hydrogens is 523 g/mol. The van der Waals surface area contributed by atoms with E-state index in [0.29, 0.717) is 30.7 Å². The molecule has 2 aromatic heterocycles. The van der Waals surface area contributed by atoms with E-state index >= 15 is 0 Å². The Hall–Kier alpha value is -4.36. The second-order valence-electron chi connectivity index (χ2n) is 9.55. The van der Waals surface area contributed by atoms with E-state index < -0.39 is 17.7 Å². The number of nitrogens with zero attached hydrogens (tertiary/aromatic N) is 4. The molecule has 0 saturated carbocycles. The number of nitriles is 1. The molecule has 3 heterocycles. The number of imidazole rings is 1. The Bertz CT molecular complexity index is 1720. The SMILES string of the molecule is N#CC1=C(N)N(c2ccccc2C(F)(F)F)C2=C(C(=O)CCC2)[C@@H]1c1cc(Cn2cnc3ccccc32)cs1. The highest BCUT2D eigenvalue weighted by Crippen LogP contribution is 2.49. The number of thiophene rings is 1. The van der Waals surface area contributed by atoms with E-state index in [0.717, 1.165) is 27.5 Å². The van der Waals surface area contributed by atoms with Crippen molar-refractivity contribution >= 4 is 33.8 Å². The third-order valence-corrected chi connectivity index (χ3v) is 8.25. The highest BCUT2D eigenvalue weighted by molar-refractivity contribution is 7.10. The van der Waals surface area contributed by atoms with Crippen molar-refractivity contribution in [2.75, 3.05) is 4.90 Å². The Labute approximate surface area is 226 Å². The van der Waals surface area contributed by atoms with Gasteiger partial charge in [0.2, 0.25) is 0 Å². The first kappa shape index (κ1) is 24.9. The van der Waals surface area contributed by atoms with Gasteiger partial charge in [-0.05, 0) is 54.1 Å². The zero-order valence-electron chi connectivity index (χ0n) is 20.6. The fraction of sp³-hybridized carbons (Fsp3) is 0.207. The number of para-hydroxylation sites is 3. The molecule has 0 saturated heterocycles. The van der Waals surface area contributed by atoms with Gasteiger partial charge in [-0.15, -0.1) is 11.3 Å². The molecule has 0 unspecified atom stereocenters. The third-order valence-electron chi connectivity index (χ3n) is 7.20. The number of fused-ring (bicyclic) bond motifs is 1. The van der Waals surface area contributed by atoms with E-state index in [-0.39, 0.29) is 29.3 Å². The molecule has 0 bridgehead atoms. The zero-order valence-corrected chi connectivity index (χ0v) is 21.4. The van der Waals surface area contributed by atoms with Crippen LogP contribution in [0.4, 0.5) is 18.9 Å². The number of carbonyl (C=O) groups excluding carboxylic acids is 1. The first-order valence-electron chi connectivity index (χ1n) is 12.4. The number of anilines is 1. The molecule has 0 amide bonds. The summed E-state index contributed by atoms with van der Waals surface area (Å²) in [6.07, 6.45) is -1.74. The number of allylic oxidation sites excluding steroid dienone is 3. The van der Waals surface area contributed by atoms with E-state index in [1.54, 1.807) is 6.33 Å². The number of benzene rings is 2. The molecule has 2 N–H and O–H groups in total. The van der Waals surface area contributed by atoms with Gasteiger partial charge in [-0.2, -0.15) is 18.4 Å². The lowest BCUT2D eigenvalue weighted by Gasteiger charge is -2.40. The summed E-state index contributed by atoms with van der Waals surface area (Å²) in [6.45, 7) is 0.537. The summed E-state index contributed by atoms with van der Waals surface area (Å²) < 4.78 is 43.9. The van der Waals surface area contributed by atoms with Crippen molar-refractivity contribution in [3.05, 3.63) is 105 Å². The van der Waals surface area contributed by atoms with Crippen molar-refractivity contribution in [1.29, 1.82) is 5.26 Å². The maximum absolute atomic E-state index is 14.0. The normalized spacial score (nSPS) is 18.1. The van der Waals surface area contributed by atoms with E-state index in [2.05, 4.69) is 11.1 Å². The summed E-state index contributed by atoms with van der Waals surface area (Å²) in [4.78, 5) is 19.8. The van der Waals surface area contributed by atoms with Gasteiger partial charge in [0, 0.05) is 29.1 Å². The Morgan fingerprint density at radius 2 is 1.90 bits per heavy atom. The van der Waals surface area contributed by atoms with E-state index in [1.807, 2.05) is 40.3 Å². The van der Waals surface area contributed by atoms with Crippen LogP contribution in [0, 0.1) is 11.3 Å². The van der Waals surface area contributed by atoms with Crippen molar-refractivity contribution in [2.45, 2.75) is 37.9 Å².